The number of hydrogen-bond donors (Lipinski definition) is 1. The standard InChI is InChI=1S/C23H27BNOP/c1-23(2)16-14-19(23)21(22(26)25-3)20(15-16)27(24,17-10-6-4-7-11-17)18-12-8-5-9-13-18/h4-13,16,19-21H,14-15H2,1-3H3/q-1/p+1/t16-,19+,20+,21+/m1/s1. The van der Waals surface area contributed by atoms with Gasteiger partial charge in [-0.3, -0.25) is 12.4 Å². The fourth-order valence-electron chi connectivity index (χ4n) is 5.60. The molecule has 3 saturated carbocycles. The minimum Gasteiger partial charge on any atom is -0.359 e. The molecule has 3 radical (unpaired) electrons. The van der Waals surface area contributed by atoms with E-state index >= 15 is 0 Å². The van der Waals surface area contributed by atoms with Crippen molar-refractivity contribution < 1.29 is 4.79 Å². The molecule has 1 amide bonds. The molecule has 0 spiro atoms. The van der Waals surface area contributed by atoms with Crippen molar-refractivity contribution in [1.82, 2.24) is 5.32 Å². The molecule has 0 saturated heterocycles. The molecule has 1 N–H and O–H groups in total. The maximum absolute atomic E-state index is 13.1. The normalized spacial score (nSPS) is 28.9. The predicted molar refractivity (Wildman–Crippen MR) is 116 cm³/mol. The van der Waals surface area contributed by atoms with Gasteiger partial charge in [-0.15, -0.1) is 0 Å². The van der Waals surface area contributed by atoms with Crippen LogP contribution in [0.3, 0.4) is 0 Å². The minimum atomic E-state index is -2.20. The van der Waals surface area contributed by atoms with E-state index in [1.165, 1.54) is 10.6 Å². The number of rotatable bonds is 4. The zero-order valence-corrected chi connectivity index (χ0v) is 17.3. The summed E-state index contributed by atoms with van der Waals surface area (Å²) in [5.74, 6) is 1.21. The van der Waals surface area contributed by atoms with Crippen molar-refractivity contribution in [2.75, 3.05) is 7.05 Å². The molecule has 3 fully saturated rings. The van der Waals surface area contributed by atoms with E-state index in [1.54, 1.807) is 7.05 Å². The summed E-state index contributed by atoms with van der Waals surface area (Å²) in [5.41, 5.74) is 0.422. The summed E-state index contributed by atoms with van der Waals surface area (Å²) in [5, 5.41) is 5.36. The number of nitrogens with one attached hydrogen (secondary N) is 1. The van der Waals surface area contributed by atoms with Crippen LogP contribution in [0.4, 0.5) is 0 Å². The summed E-state index contributed by atoms with van der Waals surface area (Å²) >= 11 is 0. The largest absolute Gasteiger partial charge is 0.359 e. The van der Waals surface area contributed by atoms with E-state index in [9.17, 15) is 4.79 Å². The van der Waals surface area contributed by atoms with Crippen LogP contribution in [-0.2, 0) is 4.79 Å². The number of benzene rings is 2. The molecule has 3 aliphatic rings. The molecule has 3 aliphatic carbocycles. The quantitative estimate of drug-likeness (QED) is 0.642. The lowest BCUT2D eigenvalue weighted by atomic mass is 9.45. The summed E-state index contributed by atoms with van der Waals surface area (Å²) < 4.78 is 0. The van der Waals surface area contributed by atoms with Gasteiger partial charge in [-0.2, -0.15) is 7.14 Å². The molecule has 2 bridgehead atoms. The van der Waals surface area contributed by atoms with Gasteiger partial charge in [0.2, 0.25) is 5.91 Å². The third-order valence-electron chi connectivity index (χ3n) is 7.36. The van der Waals surface area contributed by atoms with E-state index in [0.717, 1.165) is 12.8 Å². The molecule has 27 heavy (non-hydrogen) atoms. The van der Waals surface area contributed by atoms with Crippen LogP contribution in [0.5, 0.6) is 0 Å². The van der Waals surface area contributed by atoms with Crippen molar-refractivity contribution in [3.8, 4) is 0 Å². The second kappa shape index (κ2) is 6.78. The Kier molecular flexibility index (Phi) is 4.71. The van der Waals surface area contributed by atoms with Gasteiger partial charge in [0.05, 0.1) is 5.92 Å². The lowest BCUT2D eigenvalue weighted by Crippen LogP contribution is -2.62. The molecule has 0 aliphatic heterocycles. The highest BCUT2D eigenvalue weighted by Gasteiger charge is 2.63. The fourth-order valence-corrected chi connectivity index (χ4v) is 9.43. The predicted octanol–water partition coefficient (Wildman–Crippen LogP) is 3.54. The van der Waals surface area contributed by atoms with Gasteiger partial charge in [0, 0.05) is 23.3 Å². The van der Waals surface area contributed by atoms with Gasteiger partial charge < -0.3 is 5.32 Å². The number of hydrogen-bond acceptors (Lipinski definition) is 1. The highest BCUT2D eigenvalue weighted by molar-refractivity contribution is 8.09. The molecular formula is C23H28BNOP. The molecule has 2 aromatic rings. The van der Waals surface area contributed by atoms with Crippen LogP contribution >= 0.6 is 7.14 Å². The van der Waals surface area contributed by atoms with Crippen LogP contribution in [-0.4, -0.2) is 26.2 Å². The van der Waals surface area contributed by atoms with E-state index in [4.69, 9.17) is 7.57 Å². The second-order valence-electron chi connectivity index (χ2n) is 8.75. The van der Waals surface area contributed by atoms with Crippen molar-refractivity contribution in [3.05, 3.63) is 60.7 Å². The number of amides is 1. The maximum atomic E-state index is 13.1. The maximum Gasteiger partial charge on any atom is 0.226 e. The van der Waals surface area contributed by atoms with Crippen LogP contribution in [0, 0.1) is 23.2 Å². The van der Waals surface area contributed by atoms with E-state index in [1.807, 2.05) is 12.1 Å². The van der Waals surface area contributed by atoms with Crippen LogP contribution < -0.4 is 15.9 Å². The topological polar surface area (TPSA) is 29.1 Å². The van der Waals surface area contributed by atoms with Gasteiger partial charge in [-0.1, -0.05) is 50.2 Å². The van der Waals surface area contributed by atoms with Gasteiger partial charge in [0.1, 0.15) is 0 Å². The first-order valence-electron chi connectivity index (χ1n) is 9.90. The lowest BCUT2D eigenvalue weighted by molar-refractivity contribution is -0.146. The Morgan fingerprint density at radius 2 is 1.52 bits per heavy atom. The van der Waals surface area contributed by atoms with Crippen LogP contribution in [0.2, 0.25) is 0 Å². The third kappa shape index (κ3) is 2.78. The Hall–Kier alpha value is -1.60. The van der Waals surface area contributed by atoms with E-state index < -0.39 is 7.14 Å². The molecule has 5 rings (SSSR count). The summed E-state index contributed by atoms with van der Waals surface area (Å²) in [7, 11) is 6.97. The SMILES string of the molecule is [B-][P+](c1ccccc1)(c1ccccc1)[C@H]1C[C@H]2C[C@@H]([C@@H]1C(=O)NC)C2(C)C. The number of carbonyl (C=O) groups excluding carboxylic acids is 1. The minimum absolute atomic E-state index is 0.0197. The first-order valence-corrected chi connectivity index (χ1v) is 11.8. The number of carbonyl (C=O) groups is 1. The molecule has 4 heteroatoms. The molecule has 0 heterocycles. The third-order valence-corrected chi connectivity index (χ3v) is 11.2. The van der Waals surface area contributed by atoms with Gasteiger partial charge in [-0.25, -0.2) is 0 Å². The van der Waals surface area contributed by atoms with Crippen molar-refractivity contribution in [3.63, 3.8) is 0 Å². The smallest absolute Gasteiger partial charge is 0.226 e. The first-order chi connectivity index (χ1) is 12.9. The average Bonchev–Trinajstić information content (AvgIpc) is 2.73. The Labute approximate surface area is 164 Å². The Balaban J connectivity index is 1.86. The highest BCUT2D eigenvalue weighted by Crippen LogP contribution is 2.71. The Morgan fingerprint density at radius 3 is 1.96 bits per heavy atom. The average molecular weight is 376 g/mol. The molecule has 139 valence electrons. The number of fused-ring (bicyclic) bond motifs is 2. The van der Waals surface area contributed by atoms with Crippen LogP contribution in [0.25, 0.3) is 0 Å². The van der Waals surface area contributed by atoms with Crippen molar-refractivity contribution in [2.24, 2.45) is 23.2 Å². The van der Waals surface area contributed by atoms with Gasteiger partial charge >= 0.3 is 0 Å². The Morgan fingerprint density at radius 1 is 1.00 bits per heavy atom. The first kappa shape index (κ1) is 18.8. The molecule has 0 unspecified atom stereocenters. The molecule has 2 aromatic carbocycles. The lowest BCUT2D eigenvalue weighted by Gasteiger charge is -2.65. The molecular weight excluding hydrogens is 348 g/mol. The van der Waals surface area contributed by atoms with Crippen molar-refractivity contribution in [2.45, 2.75) is 32.3 Å². The summed E-state index contributed by atoms with van der Waals surface area (Å²) in [6.45, 7) is 4.67. The van der Waals surface area contributed by atoms with Gasteiger partial charge in [-0.05, 0) is 54.4 Å². The zero-order valence-electron chi connectivity index (χ0n) is 16.4. The zero-order chi connectivity index (χ0) is 19.2. The van der Waals surface area contributed by atoms with Gasteiger partial charge in [0.25, 0.3) is 0 Å². The van der Waals surface area contributed by atoms with Crippen LogP contribution in [0.1, 0.15) is 26.7 Å². The van der Waals surface area contributed by atoms with Gasteiger partial charge in [0.15, 0.2) is 0 Å². The Bertz CT molecular complexity index is 783. The van der Waals surface area contributed by atoms with E-state index in [0.29, 0.717) is 11.8 Å². The van der Waals surface area contributed by atoms with E-state index in [-0.39, 0.29) is 22.9 Å². The molecule has 4 atom stereocenters. The molecule has 0 aromatic heterocycles. The molecule has 2 nitrogen and oxygen atoms in total. The van der Waals surface area contributed by atoms with E-state index in [2.05, 4.69) is 67.7 Å². The van der Waals surface area contributed by atoms with Crippen LogP contribution in [0.15, 0.2) is 60.7 Å². The summed E-state index contributed by atoms with van der Waals surface area (Å²) in [4.78, 5) is 13.1. The van der Waals surface area contributed by atoms with Crippen molar-refractivity contribution >= 4 is 31.2 Å². The summed E-state index contributed by atoms with van der Waals surface area (Å²) in [6, 6.07) is 21.0. The van der Waals surface area contributed by atoms with Crippen molar-refractivity contribution in [1.29, 1.82) is 0 Å². The monoisotopic (exact) mass is 376 g/mol. The second-order valence-corrected chi connectivity index (χ2v) is 12.0. The highest BCUT2D eigenvalue weighted by atomic mass is 31.2. The fraction of sp³-hybridized carbons (Fsp3) is 0.435. The summed E-state index contributed by atoms with van der Waals surface area (Å²) in [6.07, 6.45) is 2.20.